The molecule has 0 radical (unpaired) electrons. The molecule has 1 amide bonds. The van der Waals surface area contributed by atoms with Gasteiger partial charge in [-0.25, -0.2) is 0 Å². The Balaban J connectivity index is 2.34. The van der Waals surface area contributed by atoms with Crippen LogP contribution in [0.15, 0.2) is 59.1 Å². The van der Waals surface area contributed by atoms with Crippen LogP contribution >= 0.6 is 15.9 Å². The first-order valence-electron chi connectivity index (χ1n) is 5.92. The van der Waals surface area contributed by atoms with Crippen molar-refractivity contribution in [2.45, 2.75) is 0 Å². The van der Waals surface area contributed by atoms with Crippen LogP contribution in [0.25, 0.3) is 0 Å². The van der Waals surface area contributed by atoms with E-state index in [1.54, 1.807) is 48.5 Å². The fourth-order valence-corrected chi connectivity index (χ4v) is 2.04. The van der Waals surface area contributed by atoms with E-state index in [0.29, 0.717) is 11.3 Å². The lowest BCUT2D eigenvalue weighted by atomic mass is 10.2. The standard InChI is InChI=1S/C15H12BrNO3/c16-12-8-6-11(7-9-12)15(20)17(10-14(18)19)13-4-2-1-3-5-13/h1-9H,10H2,(H,18,19). The first-order valence-corrected chi connectivity index (χ1v) is 6.71. The van der Waals surface area contributed by atoms with Crippen LogP contribution in [0.2, 0.25) is 0 Å². The van der Waals surface area contributed by atoms with Crippen molar-refractivity contribution in [3.05, 3.63) is 64.6 Å². The number of para-hydroxylation sites is 1. The van der Waals surface area contributed by atoms with Crippen molar-refractivity contribution in [1.82, 2.24) is 0 Å². The fourth-order valence-electron chi connectivity index (χ4n) is 1.77. The summed E-state index contributed by atoms with van der Waals surface area (Å²) in [5.41, 5.74) is 1.00. The number of hydrogen-bond donors (Lipinski definition) is 1. The number of benzene rings is 2. The Kier molecular flexibility index (Phi) is 4.53. The van der Waals surface area contributed by atoms with E-state index in [2.05, 4.69) is 15.9 Å². The van der Waals surface area contributed by atoms with Crippen LogP contribution in [0.3, 0.4) is 0 Å². The minimum absolute atomic E-state index is 0.342. The van der Waals surface area contributed by atoms with Crippen molar-refractivity contribution in [2.24, 2.45) is 0 Å². The van der Waals surface area contributed by atoms with Gasteiger partial charge in [-0.05, 0) is 36.4 Å². The molecule has 0 heterocycles. The second kappa shape index (κ2) is 6.34. The monoisotopic (exact) mass is 333 g/mol. The van der Waals surface area contributed by atoms with Crippen molar-refractivity contribution < 1.29 is 14.7 Å². The third kappa shape index (κ3) is 3.45. The maximum absolute atomic E-state index is 12.4. The van der Waals surface area contributed by atoms with E-state index in [9.17, 15) is 9.59 Å². The highest BCUT2D eigenvalue weighted by atomic mass is 79.9. The van der Waals surface area contributed by atoms with E-state index < -0.39 is 5.97 Å². The zero-order chi connectivity index (χ0) is 14.5. The average molecular weight is 334 g/mol. The van der Waals surface area contributed by atoms with Crippen LogP contribution in [-0.4, -0.2) is 23.5 Å². The molecule has 0 aliphatic heterocycles. The smallest absolute Gasteiger partial charge is 0.323 e. The lowest BCUT2D eigenvalue weighted by molar-refractivity contribution is -0.135. The molecule has 0 aliphatic carbocycles. The van der Waals surface area contributed by atoms with Gasteiger partial charge in [-0.2, -0.15) is 0 Å². The number of aliphatic carboxylic acids is 1. The summed E-state index contributed by atoms with van der Waals surface area (Å²) in [6.07, 6.45) is 0. The van der Waals surface area contributed by atoms with Crippen molar-refractivity contribution in [2.75, 3.05) is 11.4 Å². The van der Waals surface area contributed by atoms with Crippen LogP contribution < -0.4 is 4.90 Å². The first-order chi connectivity index (χ1) is 9.58. The number of nitrogens with zero attached hydrogens (tertiary/aromatic N) is 1. The molecule has 0 aliphatic rings. The Morgan fingerprint density at radius 1 is 1.00 bits per heavy atom. The molecule has 2 aromatic rings. The number of hydrogen-bond acceptors (Lipinski definition) is 2. The quantitative estimate of drug-likeness (QED) is 0.934. The molecule has 2 rings (SSSR count). The molecule has 5 heteroatoms. The summed E-state index contributed by atoms with van der Waals surface area (Å²) >= 11 is 3.30. The van der Waals surface area contributed by atoms with Gasteiger partial charge in [-0.1, -0.05) is 34.1 Å². The predicted molar refractivity (Wildman–Crippen MR) is 79.9 cm³/mol. The highest BCUT2D eigenvalue weighted by molar-refractivity contribution is 9.10. The van der Waals surface area contributed by atoms with Crippen molar-refractivity contribution >= 4 is 33.5 Å². The molecule has 1 N–H and O–H groups in total. The average Bonchev–Trinajstić information content (AvgIpc) is 2.45. The van der Waals surface area contributed by atoms with Crippen molar-refractivity contribution in [1.29, 1.82) is 0 Å². The van der Waals surface area contributed by atoms with Crippen LogP contribution in [0.5, 0.6) is 0 Å². The van der Waals surface area contributed by atoms with Gasteiger partial charge in [-0.15, -0.1) is 0 Å². The number of halogens is 1. The third-order valence-corrected chi connectivity index (χ3v) is 3.23. The van der Waals surface area contributed by atoms with Crippen molar-refractivity contribution in [3.8, 4) is 0 Å². The largest absolute Gasteiger partial charge is 0.480 e. The molecule has 0 atom stereocenters. The fraction of sp³-hybridized carbons (Fsp3) is 0.0667. The highest BCUT2D eigenvalue weighted by Crippen LogP contribution is 2.18. The molecule has 0 bridgehead atoms. The molecular weight excluding hydrogens is 322 g/mol. The lowest BCUT2D eigenvalue weighted by Gasteiger charge is -2.20. The molecule has 0 saturated heterocycles. The van der Waals surface area contributed by atoms with E-state index >= 15 is 0 Å². The molecule has 0 aromatic heterocycles. The van der Waals surface area contributed by atoms with Gasteiger partial charge < -0.3 is 5.11 Å². The number of rotatable bonds is 4. The number of carboxylic acid groups (broad SMARTS) is 1. The van der Waals surface area contributed by atoms with Crippen molar-refractivity contribution in [3.63, 3.8) is 0 Å². The normalized spacial score (nSPS) is 10.1. The molecule has 0 fully saturated rings. The summed E-state index contributed by atoms with van der Waals surface area (Å²) in [5, 5.41) is 8.98. The second-order valence-electron chi connectivity index (χ2n) is 4.13. The number of carboxylic acids is 1. The Morgan fingerprint density at radius 2 is 1.60 bits per heavy atom. The second-order valence-corrected chi connectivity index (χ2v) is 5.04. The zero-order valence-corrected chi connectivity index (χ0v) is 12.1. The van der Waals surface area contributed by atoms with Gasteiger partial charge in [0.25, 0.3) is 5.91 Å². The van der Waals surface area contributed by atoms with Gasteiger partial charge in [-0.3, -0.25) is 14.5 Å². The predicted octanol–water partition coefficient (Wildman–Crippen LogP) is 3.18. The minimum atomic E-state index is -1.06. The molecule has 20 heavy (non-hydrogen) atoms. The summed E-state index contributed by atoms with van der Waals surface area (Å²) in [6.45, 7) is -0.376. The van der Waals surface area contributed by atoms with Gasteiger partial charge in [0.15, 0.2) is 0 Å². The highest BCUT2D eigenvalue weighted by Gasteiger charge is 2.20. The zero-order valence-electron chi connectivity index (χ0n) is 10.5. The maximum Gasteiger partial charge on any atom is 0.323 e. The molecule has 4 nitrogen and oxygen atoms in total. The summed E-state index contributed by atoms with van der Waals surface area (Å²) in [6, 6.07) is 15.6. The van der Waals surface area contributed by atoms with E-state index in [-0.39, 0.29) is 12.5 Å². The molecule has 0 spiro atoms. The molecule has 2 aromatic carbocycles. The van der Waals surface area contributed by atoms with Gasteiger partial charge in [0, 0.05) is 15.7 Å². The molecule has 0 unspecified atom stereocenters. The Morgan fingerprint density at radius 3 is 2.15 bits per heavy atom. The van der Waals surface area contributed by atoms with Crippen LogP contribution in [0, 0.1) is 0 Å². The number of carbonyl (C=O) groups excluding carboxylic acids is 1. The van der Waals surface area contributed by atoms with Crippen LogP contribution in [0.4, 0.5) is 5.69 Å². The van der Waals surface area contributed by atoms with E-state index in [4.69, 9.17) is 5.11 Å². The van der Waals surface area contributed by atoms with Crippen LogP contribution in [-0.2, 0) is 4.79 Å². The summed E-state index contributed by atoms with van der Waals surface area (Å²) in [4.78, 5) is 24.7. The number of amides is 1. The van der Waals surface area contributed by atoms with Gasteiger partial charge in [0.05, 0.1) is 0 Å². The Hall–Kier alpha value is -2.14. The molecular formula is C15H12BrNO3. The lowest BCUT2D eigenvalue weighted by Crippen LogP contribution is -2.35. The Labute approximate surface area is 124 Å². The number of anilines is 1. The van der Waals surface area contributed by atoms with E-state index in [0.717, 1.165) is 4.47 Å². The SMILES string of the molecule is O=C(O)CN(C(=O)c1ccc(Br)cc1)c1ccccc1. The van der Waals surface area contributed by atoms with Crippen LogP contribution in [0.1, 0.15) is 10.4 Å². The summed E-state index contributed by atoms with van der Waals surface area (Å²) in [7, 11) is 0. The maximum atomic E-state index is 12.4. The first kappa shape index (κ1) is 14.3. The number of carbonyl (C=O) groups is 2. The topological polar surface area (TPSA) is 57.6 Å². The summed E-state index contributed by atoms with van der Waals surface area (Å²) in [5.74, 6) is -1.40. The van der Waals surface area contributed by atoms with E-state index in [1.165, 1.54) is 4.90 Å². The molecule has 0 saturated carbocycles. The minimum Gasteiger partial charge on any atom is -0.480 e. The molecule has 102 valence electrons. The van der Waals surface area contributed by atoms with Gasteiger partial charge in [0.2, 0.25) is 0 Å². The van der Waals surface area contributed by atoms with E-state index in [1.807, 2.05) is 6.07 Å². The summed E-state index contributed by atoms with van der Waals surface area (Å²) < 4.78 is 0.860. The van der Waals surface area contributed by atoms with Gasteiger partial charge >= 0.3 is 5.97 Å². The van der Waals surface area contributed by atoms with Gasteiger partial charge in [0.1, 0.15) is 6.54 Å². The third-order valence-electron chi connectivity index (χ3n) is 2.70. The Bertz CT molecular complexity index is 611.